The molecule has 1 aromatic rings. The maximum atomic E-state index is 13.1. The number of amides is 1. The Morgan fingerprint density at radius 3 is 2.87 bits per heavy atom. The molecular weight excluding hydrogens is 204 g/mol. The zero-order valence-electron chi connectivity index (χ0n) is 8.22. The normalized spacial score (nSPS) is 9.80. The first-order chi connectivity index (χ1) is 7.13. The van der Waals surface area contributed by atoms with Crippen LogP contribution in [0, 0.1) is 11.6 Å². The highest BCUT2D eigenvalue weighted by molar-refractivity contribution is 5.66. The molecule has 0 spiro atoms. The molecule has 1 rings (SSSR count). The lowest BCUT2D eigenvalue weighted by molar-refractivity contribution is 0.171. The molecule has 5 heteroatoms. The van der Waals surface area contributed by atoms with E-state index >= 15 is 0 Å². The molecule has 82 valence electrons. The van der Waals surface area contributed by atoms with Gasteiger partial charge in [0.05, 0.1) is 7.11 Å². The van der Waals surface area contributed by atoms with Crippen molar-refractivity contribution < 1.29 is 18.3 Å². The Kier molecular flexibility index (Phi) is 4.03. The van der Waals surface area contributed by atoms with Crippen LogP contribution < -0.4 is 5.32 Å². The SMILES string of the molecule is COC(=O)NCCc1cc(F)ccc1F. The molecule has 0 aliphatic carbocycles. The van der Waals surface area contributed by atoms with Gasteiger partial charge in [-0.2, -0.15) is 0 Å². The van der Waals surface area contributed by atoms with Gasteiger partial charge in [0.15, 0.2) is 0 Å². The summed E-state index contributed by atoms with van der Waals surface area (Å²) in [5.41, 5.74) is 0.228. The monoisotopic (exact) mass is 215 g/mol. The quantitative estimate of drug-likeness (QED) is 0.835. The van der Waals surface area contributed by atoms with Crippen molar-refractivity contribution in [3.8, 4) is 0 Å². The first-order valence-electron chi connectivity index (χ1n) is 4.39. The van der Waals surface area contributed by atoms with Crippen molar-refractivity contribution in [3.63, 3.8) is 0 Å². The number of carbonyl (C=O) groups excluding carboxylic acids is 1. The summed E-state index contributed by atoms with van der Waals surface area (Å²) in [6.45, 7) is 0.201. The van der Waals surface area contributed by atoms with Gasteiger partial charge in [-0.3, -0.25) is 0 Å². The largest absolute Gasteiger partial charge is 0.453 e. The molecule has 0 aliphatic rings. The van der Waals surface area contributed by atoms with E-state index in [1.807, 2.05) is 0 Å². The average molecular weight is 215 g/mol. The number of rotatable bonds is 3. The Bertz CT molecular complexity index is 355. The van der Waals surface area contributed by atoms with Crippen molar-refractivity contribution in [2.45, 2.75) is 6.42 Å². The lowest BCUT2D eigenvalue weighted by Gasteiger charge is -2.04. The second kappa shape index (κ2) is 5.29. The van der Waals surface area contributed by atoms with Gasteiger partial charge in [-0.25, -0.2) is 13.6 Å². The summed E-state index contributed by atoms with van der Waals surface area (Å²) < 4.78 is 30.1. The van der Waals surface area contributed by atoms with Gasteiger partial charge in [0.25, 0.3) is 0 Å². The second-order valence-electron chi connectivity index (χ2n) is 2.90. The molecule has 0 saturated carbocycles. The number of ether oxygens (including phenoxy) is 1. The number of hydrogen-bond acceptors (Lipinski definition) is 2. The van der Waals surface area contributed by atoms with Crippen LogP contribution in [0.25, 0.3) is 0 Å². The zero-order valence-corrected chi connectivity index (χ0v) is 8.22. The fourth-order valence-corrected chi connectivity index (χ4v) is 1.11. The number of nitrogens with one attached hydrogen (secondary N) is 1. The van der Waals surface area contributed by atoms with Gasteiger partial charge in [-0.15, -0.1) is 0 Å². The molecular formula is C10H11F2NO2. The maximum Gasteiger partial charge on any atom is 0.406 e. The Balaban J connectivity index is 2.50. The first kappa shape index (κ1) is 11.4. The Morgan fingerprint density at radius 1 is 1.47 bits per heavy atom. The van der Waals surface area contributed by atoms with Crippen LogP contribution in [0.3, 0.4) is 0 Å². The summed E-state index contributed by atoms with van der Waals surface area (Å²) in [5, 5.41) is 2.38. The standard InChI is InChI=1S/C10H11F2NO2/c1-15-10(14)13-5-4-7-6-8(11)2-3-9(7)12/h2-3,6H,4-5H2,1H3,(H,13,14). The number of methoxy groups -OCH3 is 1. The Morgan fingerprint density at radius 2 is 2.20 bits per heavy atom. The molecule has 0 saturated heterocycles. The lowest BCUT2D eigenvalue weighted by Crippen LogP contribution is -2.25. The molecule has 1 N–H and O–H groups in total. The molecule has 0 aliphatic heterocycles. The lowest BCUT2D eigenvalue weighted by atomic mass is 10.1. The van der Waals surface area contributed by atoms with E-state index < -0.39 is 17.7 Å². The van der Waals surface area contributed by atoms with Crippen molar-refractivity contribution in [1.82, 2.24) is 5.32 Å². The topological polar surface area (TPSA) is 38.3 Å². The van der Waals surface area contributed by atoms with E-state index in [9.17, 15) is 13.6 Å². The molecule has 0 aromatic heterocycles. The van der Waals surface area contributed by atoms with Crippen LogP contribution in [0.15, 0.2) is 18.2 Å². The third-order valence-electron chi connectivity index (χ3n) is 1.86. The van der Waals surface area contributed by atoms with Crippen LogP contribution >= 0.6 is 0 Å². The van der Waals surface area contributed by atoms with Gasteiger partial charge in [0, 0.05) is 6.54 Å². The Hall–Kier alpha value is -1.65. The van der Waals surface area contributed by atoms with Crippen molar-refractivity contribution in [2.24, 2.45) is 0 Å². The van der Waals surface area contributed by atoms with E-state index in [1.54, 1.807) is 0 Å². The number of alkyl carbamates (subject to hydrolysis) is 1. The number of carbonyl (C=O) groups is 1. The summed E-state index contributed by atoms with van der Waals surface area (Å²) >= 11 is 0. The highest BCUT2D eigenvalue weighted by Crippen LogP contribution is 2.09. The van der Waals surface area contributed by atoms with Crippen molar-refractivity contribution in [1.29, 1.82) is 0 Å². The van der Waals surface area contributed by atoms with Crippen LogP contribution in [-0.2, 0) is 11.2 Å². The molecule has 3 nitrogen and oxygen atoms in total. The molecule has 0 fully saturated rings. The molecule has 0 heterocycles. The summed E-state index contributed by atoms with van der Waals surface area (Å²) in [4.78, 5) is 10.7. The van der Waals surface area contributed by atoms with Gasteiger partial charge < -0.3 is 10.1 Å². The van der Waals surface area contributed by atoms with Crippen LogP contribution in [0.5, 0.6) is 0 Å². The summed E-state index contributed by atoms with van der Waals surface area (Å²) in [5.74, 6) is -0.979. The van der Waals surface area contributed by atoms with Crippen LogP contribution in [0.2, 0.25) is 0 Å². The van der Waals surface area contributed by atoms with E-state index in [0.29, 0.717) is 0 Å². The van der Waals surface area contributed by atoms with Crippen LogP contribution in [0.1, 0.15) is 5.56 Å². The highest BCUT2D eigenvalue weighted by atomic mass is 19.1. The second-order valence-corrected chi connectivity index (χ2v) is 2.90. The van der Waals surface area contributed by atoms with Crippen LogP contribution in [0.4, 0.5) is 13.6 Å². The molecule has 0 unspecified atom stereocenters. The minimum Gasteiger partial charge on any atom is -0.453 e. The van der Waals surface area contributed by atoms with Gasteiger partial charge in [-0.1, -0.05) is 0 Å². The molecule has 0 radical (unpaired) electrons. The smallest absolute Gasteiger partial charge is 0.406 e. The number of benzene rings is 1. The van der Waals surface area contributed by atoms with E-state index in [2.05, 4.69) is 10.1 Å². The molecule has 0 bridgehead atoms. The molecule has 0 atom stereocenters. The predicted molar refractivity (Wildman–Crippen MR) is 50.5 cm³/mol. The zero-order chi connectivity index (χ0) is 11.3. The van der Waals surface area contributed by atoms with Crippen molar-refractivity contribution in [2.75, 3.05) is 13.7 Å². The van der Waals surface area contributed by atoms with Crippen LogP contribution in [-0.4, -0.2) is 19.7 Å². The summed E-state index contributed by atoms with van der Waals surface area (Å²) in [6.07, 6.45) is -0.370. The number of hydrogen-bond donors (Lipinski definition) is 1. The highest BCUT2D eigenvalue weighted by Gasteiger charge is 2.04. The maximum absolute atomic E-state index is 13.1. The third kappa shape index (κ3) is 3.53. The fourth-order valence-electron chi connectivity index (χ4n) is 1.11. The van der Waals surface area contributed by atoms with E-state index in [4.69, 9.17) is 0 Å². The van der Waals surface area contributed by atoms with Gasteiger partial charge in [-0.05, 0) is 30.2 Å². The van der Waals surface area contributed by atoms with Gasteiger partial charge in [0.1, 0.15) is 11.6 Å². The van der Waals surface area contributed by atoms with Crippen molar-refractivity contribution >= 4 is 6.09 Å². The van der Waals surface area contributed by atoms with E-state index in [-0.39, 0.29) is 18.5 Å². The minimum atomic E-state index is -0.591. The molecule has 1 amide bonds. The molecule has 1 aromatic carbocycles. The molecule has 15 heavy (non-hydrogen) atoms. The van der Waals surface area contributed by atoms with Crippen molar-refractivity contribution in [3.05, 3.63) is 35.4 Å². The fraction of sp³-hybridized carbons (Fsp3) is 0.300. The first-order valence-corrected chi connectivity index (χ1v) is 4.39. The predicted octanol–water partition coefficient (Wildman–Crippen LogP) is 1.86. The average Bonchev–Trinajstić information content (AvgIpc) is 2.23. The van der Waals surface area contributed by atoms with Gasteiger partial charge in [0.2, 0.25) is 0 Å². The van der Waals surface area contributed by atoms with E-state index in [0.717, 1.165) is 18.2 Å². The van der Waals surface area contributed by atoms with E-state index in [1.165, 1.54) is 7.11 Å². The summed E-state index contributed by atoms with van der Waals surface area (Å²) in [6, 6.07) is 3.21. The number of halogens is 2. The summed E-state index contributed by atoms with van der Waals surface area (Å²) in [7, 11) is 1.23. The third-order valence-corrected chi connectivity index (χ3v) is 1.86. The minimum absolute atomic E-state index is 0.201. The Labute approximate surface area is 86.0 Å². The van der Waals surface area contributed by atoms with Gasteiger partial charge >= 0.3 is 6.09 Å².